The first-order valence-electron chi connectivity index (χ1n) is 9.59. The molecule has 8 nitrogen and oxygen atoms in total. The molecular formula is C21H22N2O6S. The van der Waals surface area contributed by atoms with Crippen LogP contribution in [0.3, 0.4) is 0 Å². The number of carbonyl (C=O) groups excluding carboxylic acids is 1. The van der Waals surface area contributed by atoms with Crippen LogP contribution in [0.5, 0.6) is 11.5 Å². The molecule has 2 heterocycles. The van der Waals surface area contributed by atoms with Gasteiger partial charge in [0, 0.05) is 30.9 Å². The summed E-state index contributed by atoms with van der Waals surface area (Å²) < 4.78 is 42.9. The molecule has 1 saturated heterocycles. The lowest BCUT2D eigenvalue weighted by molar-refractivity contribution is -0.111. The molecule has 0 radical (unpaired) electrons. The van der Waals surface area contributed by atoms with Crippen LogP contribution < -0.4 is 14.8 Å². The van der Waals surface area contributed by atoms with E-state index >= 15 is 0 Å². The first-order valence-corrected chi connectivity index (χ1v) is 11.0. The summed E-state index contributed by atoms with van der Waals surface area (Å²) >= 11 is 0. The number of fused-ring (bicyclic) bond motifs is 1. The molecule has 1 N–H and O–H groups in total. The number of hydrogen-bond donors (Lipinski definition) is 1. The number of morpholine rings is 1. The van der Waals surface area contributed by atoms with E-state index in [1.165, 1.54) is 10.4 Å². The van der Waals surface area contributed by atoms with E-state index in [4.69, 9.17) is 14.2 Å². The topological polar surface area (TPSA) is 94.2 Å². The van der Waals surface area contributed by atoms with Gasteiger partial charge in [0.05, 0.1) is 18.1 Å². The van der Waals surface area contributed by atoms with E-state index in [2.05, 4.69) is 5.32 Å². The van der Waals surface area contributed by atoms with E-state index in [9.17, 15) is 13.2 Å². The number of sulfonamides is 1. The van der Waals surface area contributed by atoms with Gasteiger partial charge in [0.1, 0.15) is 13.2 Å². The average Bonchev–Trinajstić information content (AvgIpc) is 2.78. The lowest BCUT2D eigenvalue weighted by atomic mass is 10.2. The van der Waals surface area contributed by atoms with Gasteiger partial charge in [0.25, 0.3) is 0 Å². The van der Waals surface area contributed by atoms with E-state index in [-0.39, 0.29) is 10.8 Å². The summed E-state index contributed by atoms with van der Waals surface area (Å²) in [6.45, 7) is 2.49. The van der Waals surface area contributed by atoms with Crippen LogP contribution in [0.25, 0.3) is 6.08 Å². The van der Waals surface area contributed by atoms with E-state index in [0.29, 0.717) is 62.3 Å². The lowest BCUT2D eigenvalue weighted by Gasteiger charge is -2.26. The minimum Gasteiger partial charge on any atom is -0.486 e. The maximum absolute atomic E-state index is 12.6. The van der Waals surface area contributed by atoms with E-state index in [0.717, 1.165) is 0 Å². The highest BCUT2D eigenvalue weighted by molar-refractivity contribution is 7.89. The summed E-state index contributed by atoms with van der Waals surface area (Å²) in [5, 5.41) is 2.77. The third-order valence-electron chi connectivity index (χ3n) is 4.72. The number of anilines is 1. The van der Waals surface area contributed by atoms with Gasteiger partial charge in [-0.15, -0.1) is 0 Å². The molecule has 9 heteroatoms. The molecule has 2 aliphatic rings. The summed E-state index contributed by atoms with van der Waals surface area (Å²) in [6, 6.07) is 11.6. The molecule has 0 spiro atoms. The monoisotopic (exact) mass is 430 g/mol. The van der Waals surface area contributed by atoms with Crippen molar-refractivity contribution >= 4 is 27.7 Å². The van der Waals surface area contributed by atoms with Crippen LogP contribution in [-0.2, 0) is 19.6 Å². The molecule has 1 fully saturated rings. The van der Waals surface area contributed by atoms with Crippen LogP contribution in [-0.4, -0.2) is 58.1 Å². The highest BCUT2D eigenvalue weighted by atomic mass is 32.2. The third kappa shape index (κ3) is 4.64. The molecule has 0 aliphatic carbocycles. The van der Waals surface area contributed by atoms with E-state index < -0.39 is 10.0 Å². The van der Waals surface area contributed by atoms with Gasteiger partial charge >= 0.3 is 0 Å². The quantitative estimate of drug-likeness (QED) is 0.731. The fraction of sp³-hybridized carbons (Fsp3) is 0.286. The zero-order valence-corrected chi connectivity index (χ0v) is 17.1. The summed E-state index contributed by atoms with van der Waals surface area (Å²) in [5.74, 6) is 0.943. The normalized spacial score (nSPS) is 17.1. The predicted molar refractivity (Wildman–Crippen MR) is 111 cm³/mol. The molecule has 2 aromatic rings. The Kier molecular flexibility index (Phi) is 6.03. The average molecular weight is 430 g/mol. The number of nitrogens with one attached hydrogen (secondary N) is 1. The molecule has 0 atom stereocenters. The molecule has 0 bridgehead atoms. The van der Waals surface area contributed by atoms with Crippen LogP contribution in [0.1, 0.15) is 5.56 Å². The summed E-state index contributed by atoms with van der Waals surface area (Å²) in [4.78, 5) is 12.4. The molecule has 0 saturated carbocycles. The van der Waals surface area contributed by atoms with Crippen molar-refractivity contribution in [3.63, 3.8) is 0 Å². The van der Waals surface area contributed by atoms with Crippen molar-refractivity contribution in [2.45, 2.75) is 4.90 Å². The molecule has 30 heavy (non-hydrogen) atoms. The smallest absolute Gasteiger partial charge is 0.248 e. The maximum atomic E-state index is 12.6. The van der Waals surface area contributed by atoms with Crippen molar-refractivity contribution < 1.29 is 27.4 Å². The van der Waals surface area contributed by atoms with Crippen LogP contribution in [0, 0.1) is 0 Å². The van der Waals surface area contributed by atoms with Crippen LogP contribution in [0.2, 0.25) is 0 Å². The van der Waals surface area contributed by atoms with Crippen molar-refractivity contribution in [3.05, 3.63) is 54.1 Å². The van der Waals surface area contributed by atoms with Crippen LogP contribution in [0.4, 0.5) is 5.69 Å². The first-order chi connectivity index (χ1) is 14.5. The van der Waals surface area contributed by atoms with Gasteiger partial charge < -0.3 is 19.5 Å². The van der Waals surface area contributed by atoms with Gasteiger partial charge in [-0.1, -0.05) is 12.1 Å². The Balaban J connectivity index is 1.38. The first kappa shape index (κ1) is 20.4. The van der Waals surface area contributed by atoms with Crippen molar-refractivity contribution in [2.24, 2.45) is 0 Å². The fourth-order valence-corrected chi connectivity index (χ4v) is 4.57. The Morgan fingerprint density at radius 3 is 2.37 bits per heavy atom. The standard InChI is InChI=1S/C21H22N2O6S/c24-21(22-17-4-7-19-20(15-17)29-14-13-28-19)8-3-16-1-5-18(6-2-16)30(25,26)23-9-11-27-12-10-23/h1-8,15H,9-14H2,(H,22,24)/b8-3+. The van der Waals surface area contributed by atoms with Gasteiger partial charge in [0.2, 0.25) is 15.9 Å². The number of amides is 1. The zero-order chi connectivity index (χ0) is 21.0. The SMILES string of the molecule is O=C(/C=C/c1ccc(S(=O)(=O)N2CCOCC2)cc1)Nc1ccc2c(c1)OCCO2. The molecule has 2 aromatic carbocycles. The highest BCUT2D eigenvalue weighted by Gasteiger charge is 2.25. The number of benzene rings is 2. The highest BCUT2D eigenvalue weighted by Crippen LogP contribution is 2.32. The van der Waals surface area contributed by atoms with Crippen molar-refractivity contribution in [2.75, 3.05) is 44.8 Å². The van der Waals surface area contributed by atoms with E-state index in [1.54, 1.807) is 48.5 Å². The number of carbonyl (C=O) groups is 1. The Bertz CT molecular complexity index is 1040. The second kappa shape index (κ2) is 8.86. The lowest BCUT2D eigenvalue weighted by Crippen LogP contribution is -2.40. The van der Waals surface area contributed by atoms with Crippen LogP contribution >= 0.6 is 0 Å². The minimum atomic E-state index is -3.53. The van der Waals surface area contributed by atoms with Crippen molar-refractivity contribution in [1.29, 1.82) is 0 Å². The molecule has 4 rings (SSSR count). The molecule has 1 amide bonds. The fourth-order valence-electron chi connectivity index (χ4n) is 3.16. The number of rotatable bonds is 5. The Morgan fingerprint density at radius 2 is 1.63 bits per heavy atom. The van der Waals surface area contributed by atoms with Gasteiger partial charge in [0.15, 0.2) is 11.5 Å². The van der Waals surface area contributed by atoms with Crippen molar-refractivity contribution in [1.82, 2.24) is 4.31 Å². The minimum absolute atomic E-state index is 0.224. The van der Waals surface area contributed by atoms with Gasteiger partial charge in [-0.05, 0) is 35.9 Å². The second-order valence-corrected chi connectivity index (χ2v) is 8.70. The number of ether oxygens (including phenoxy) is 3. The Hall–Kier alpha value is -2.88. The van der Waals surface area contributed by atoms with Crippen LogP contribution in [0.15, 0.2) is 53.4 Å². The molecule has 158 valence electrons. The number of hydrogen-bond acceptors (Lipinski definition) is 6. The summed E-state index contributed by atoms with van der Waals surface area (Å²) in [5.41, 5.74) is 1.31. The molecule has 0 unspecified atom stereocenters. The Labute approximate surface area is 175 Å². The summed E-state index contributed by atoms with van der Waals surface area (Å²) in [6.07, 6.45) is 3.01. The largest absolute Gasteiger partial charge is 0.486 e. The zero-order valence-electron chi connectivity index (χ0n) is 16.2. The second-order valence-electron chi connectivity index (χ2n) is 6.77. The maximum Gasteiger partial charge on any atom is 0.248 e. The van der Waals surface area contributed by atoms with Crippen molar-refractivity contribution in [3.8, 4) is 11.5 Å². The van der Waals surface area contributed by atoms with Gasteiger partial charge in [-0.2, -0.15) is 4.31 Å². The summed E-state index contributed by atoms with van der Waals surface area (Å²) in [7, 11) is -3.53. The number of nitrogens with zero attached hydrogens (tertiary/aromatic N) is 1. The van der Waals surface area contributed by atoms with Gasteiger partial charge in [-0.25, -0.2) is 8.42 Å². The van der Waals surface area contributed by atoms with E-state index in [1.807, 2.05) is 0 Å². The Morgan fingerprint density at radius 1 is 0.933 bits per heavy atom. The predicted octanol–water partition coefficient (Wildman–Crippen LogP) is 2.13. The third-order valence-corrected chi connectivity index (χ3v) is 6.64. The molecular weight excluding hydrogens is 408 g/mol. The van der Waals surface area contributed by atoms with Gasteiger partial charge in [-0.3, -0.25) is 4.79 Å². The molecule has 2 aliphatic heterocycles. The molecule has 0 aromatic heterocycles.